The number of fused-ring (bicyclic) bond motifs is 1. The minimum absolute atomic E-state index is 0.0139. The number of carboxylic acids is 1. The number of pyridine rings is 1. The fraction of sp³-hybridized carbons (Fsp3) is 0.111. The van der Waals surface area contributed by atoms with E-state index in [2.05, 4.69) is 4.98 Å². The van der Waals surface area contributed by atoms with Crippen LogP contribution in [0.25, 0.3) is 5.52 Å². The smallest absolute Gasteiger partial charge is 0.372 e. The summed E-state index contributed by atoms with van der Waals surface area (Å²) in [5.74, 6) is -1.07. The van der Waals surface area contributed by atoms with Gasteiger partial charge < -0.3 is 5.11 Å². The quantitative estimate of drug-likeness (QED) is 0.783. The maximum absolute atomic E-state index is 10.8. The van der Waals surface area contributed by atoms with Crippen LogP contribution in [0.4, 0.5) is 0 Å². The van der Waals surface area contributed by atoms with Gasteiger partial charge in [0.15, 0.2) is 0 Å². The van der Waals surface area contributed by atoms with Gasteiger partial charge in [-0.2, -0.15) is 0 Å². The average molecular weight is 211 g/mol. The van der Waals surface area contributed by atoms with Crippen LogP contribution in [0.5, 0.6) is 0 Å². The van der Waals surface area contributed by atoms with Gasteiger partial charge in [-0.3, -0.25) is 4.40 Å². The molecular weight excluding hydrogens is 204 g/mol. The molecule has 1 N–H and O–H groups in total. The van der Waals surface area contributed by atoms with E-state index in [9.17, 15) is 4.79 Å². The second-order valence-electron chi connectivity index (χ2n) is 2.93. The van der Waals surface area contributed by atoms with E-state index in [1.165, 1.54) is 4.40 Å². The number of nitrogens with zero attached hydrogens (tertiary/aromatic N) is 2. The van der Waals surface area contributed by atoms with Crippen LogP contribution >= 0.6 is 11.6 Å². The summed E-state index contributed by atoms with van der Waals surface area (Å²) in [5, 5.41) is 9.34. The lowest BCUT2D eigenvalue weighted by Crippen LogP contribution is -2.03. The Morgan fingerprint density at radius 1 is 1.57 bits per heavy atom. The Balaban J connectivity index is 2.85. The summed E-state index contributed by atoms with van der Waals surface area (Å²) in [6.07, 6.45) is 1.54. The number of carboxylic acid groups (broad SMARTS) is 1. The second kappa shape index (κ2) is 2.99. The molecule has 72 valence electrons. The molecule has 2 aromatic heterocycles. The van der Waals surface area contributed by atoms with E-state index in [0.29, 0.717) is 10.7 Å². The van der Waals surface area contributed by atoms with Crippen molar-refractivity contribution >= 4 is 23.1 Å². The van der Waals surface area contributed by atoms with Gasteiger partial charge in [-0.1, -0.05) is 11.6 Å². The summed E-state index contributed by atoms with van der Waals surface area (Å²) < 4.78 is 1.47. The molecule has 0 unspecified atom stereocenters. The Morgan fingerprint density at radius 3 is 2.93 bits per heavy atom. The second-order valence-corrected chi connectivity index (χ2v) is 3.36. The van der Waals surface area contributed by atoms with Crippen molar-refractivity contribution in [2.75, 3.05) is 0 Å². The number of hydrogen-bond acceptors (Lipinski definition) is 2. The van der Waals surface area contributed by atoms with Crippen LogP contribution < -0.4 is 0 Å². The molecule has 0 fully saturated rings. The number of aromatic nitrogens is 2. The molecule has 0 saturated carbocycles. The summed E-state index contributed by atoms with van der Waals surface area (Å²) in [6, 6.07) is 3.45. The molecule has 0 aliphatic rings. The zero-order valence-corrected chi connectivity index (χ0v) is 8.12. The van der Waals surface area contributed by atoms with E-state index in [4.69, 9.17) is 16.7 Å². The highest BCUT2D eigenvalue weighted by molar-refractivity contribution is 6.30. The van der Waals surface area contributed by atoms with Gasteiger partial charge >= 0.3 is 5.97 Å². The minimum Gasteiger partial charge on any atom is -0.475 e. The molecule has 0 bridgehead atoms. The maximum atomic E-state index is 10.8. The lowest BCUT2D eigenvalue weighted by Gasteiger charge is -1.96. The van der Waals surface area contributed by atoms with Crippen molar-refractivity contribution in [3.63, 3.8) is 0 Å². The molecule has 0 aliphatic carbocycles. The Morgan fingerprint density at radius 2 is 2.29 bits per heavy atom. The first kappa shape index (κ1) is 9.02. The lowest BCUT2D eigenvalue weighted by atomic mass is 10.3. The fourth-order valence-corrected chi connectivity index (χ4v) is 1.53. The summed E-state index contributed by atoms with van der Waals surface area (Å²) in [4.78, 5) is 14.7. The topological polar surface area (TPSA) is 54.6 Å². The van der Waals surface area contributed by atoms with Crippen LogP contribution in [0.2, 0.25) is 5.02 Å². The molecule has 5 heteroatoms. The molecular formula is C9H7ClN2O2. The first-order valence-electron chi connectivity index (χ1n) is 3.97. The molecule has 0 spiro atoms. The highest BCUT2D eigenvalue weighted by atomic mass is 35.5. The molecule has 0 aliphatic heterocycles. The van der Waals surface area contributed by atoms with Crippen LogP contribution in [0.1, 0.15) is 16.3 Å². The van der Waals surface area contributed by atoms with Crippen LogP contribution in [0.3, 0.4) is 0 Å². The number of rotatable bonds is 1. The molecule has 14 heavy (non-hydrogen) atoms. The average Bonchev–Trinajstić information content (AvgIpc) is 2.43. The van der Waals surface area contributed by atoms with Crippen molar-refractivity contribution in [1.82, 2.24) is 9.38 Å². The van der Waals surface area contributed by atoms with E-state index in [1.807, 2.05) is 0 Å². The van der Waals surface area contributed by atoms with E-state index in [1.54, 1.807) is 25.3 Å². The number of halogens is 1. The van der Waals surface area contributed by atoms with Crippen molar-refractivity contribution in [3.05, 3.63) is 34.9 Å². The van der Waals surface area contributed by atoms with Gasteiger partial charge in [0.25, 0.3) is 0 Å². The van der Waals surface area contributed by atoms with Crippen molar-refractivity contribution in [3.8, 4) is 0 Å². The third-order valence-corrected chi connectivity index (χ3v) is 2.20. The largest absolute Gasteiger partial charge is 0.475 e. The Labute approximate surface area is 84.8 Å². The molecule has 0 atom stereocenters. The first-order chi connectivity index (χ1) is 6.59. The van der Waals surface area contributed by atoms with E-state index < -0.39 is 5.97 Å². The van der Waals surface area contributed by atoms with Crippen molar-refractivity contribution < 1.29 is 9.90 Å². The number of hydrogen-bond donors (Lipinski definition) is 1. The van der Waals surface area contributed by atoms with Gasteiger partial charge in [-0.25, -0.2) is 9.78 Å². The Kier molecular flexibility index (Phi) is 1.93. The van der Waals surface area contributed by atoms with Crippen LogP contribution in [0, 0.1) is 6.92 Å². The van der Waals surface area contributed by atoms with Crippen LogP contribution in [0.15, 0.2) is 18.3 Å². The van der Waals surface area contributed by atoms with E-state index in [-0.39, 0.29) is 5.82 Å². The standard InChI is InChI=1S/C9H7ClN2O2/c1-5-7-3-2-6(10)4-12(7)8(11-5)9(13)14/h2-4H,1H3,(H,13,14). The van der Waals surface area contributed by atoms with Gasteiger partial charge in [0.1, 0.15) is 0 Å². The minimum atomic E-state index is -1.06. The SMILES string of the molecule is Cc1nc(C(=O)O)n2cc(Cl)ccc12. The predicted molar refractivity (Wildman–Crippen MR) is 51.9 cm³/mol. The molecule has 0 radical (unpaired) electrons. The van der Waals surface area contributed by atoms with Crippen LogP contribution in [-0.2, 0) is 0 Å². The highest BCUT2D eigenvalue weighted by Gasteiger charge is 2.13. The van der Waals surface area contributed by atoms with E-state index in [0.717, 1.165) is 5.52 Å². The molecule has 4 nitrogen and oxygen atoms in total. The maximum Gasteiger partial charge on any atom is 0.372 e. The Hall–Kier alpha value is -1.55. The summed E-state index contributed by atoms with van der Waals surface area (Å²) in [5.41, 5.74) is 1.44. The van der Waals surface area contributed by atoms with Gasteiger partial charge in [0.2, 0.25) is 5.82 Å². The predicted octanol–water partition coefficient (Wildman–Crippen LogP) is 1.99. The lowest BCUT2D eigenvalue weighted by molar-refractivity contribution is 0.0682. The highest BCUT2D eigenvalue weighted by Crippen LogP contribution is 2.16. The van der Waals surface area contributed by atoms with Crippen molar-refractivity contribution in [2.45, 2.75) is 6.92 Å². The molecule has 2 aromatic rings. The van der Waals surface area contributed by atoms with Crippen molar-refractivity contribution in [2.24, 2.45) is 0 Å². The number of carbonyl (C=O) groups is 1. The first-order valence-corrected chi connectivity index (χ1v) is 4.35. The molecule has 0 aromatic carbocycles. The number of aromatic carboxylic acids is 1. The third kappa shape index (κ3) is 1.24. The van der Waals surface area contributed by atoms with Crippen LogP contribution in [-0.4, -0.2) is 20.5 Å². The monoisotopic (exact) mass is 210 g/mol. The summed E-state index contributed by atoms with van der Waals surface area (Å²) >= 11 is 5.76. The summed E-state index contributed by atoms with van der Waals surface area (Å²) in [6.45, 7) is 1.76. The zero-order chi connectivity index (χ0) is 10.3. The zero-order valence-electron chi connectivity index (χ0n) is 7.36. The van der Waals surface area contributed by atoms with Gasteiger partial charge in [-0.15, -0.1) is 0 Å². The molecule has 2 rings (SSSR count). The van der Waals surface area contributed by atoms with Gasteiger partial charge in [0.05, 0.1) is 16.2 Å². The normalized spacial score (nSPS) is 10.7. The molecule has 2 heterocycles. The van der Waals surface area contributed by atoms with Crippen molar-refractivity contribution in [1.29, 1.82) is 0 Å². The number of imidazole rings is 1. The van der Waals surface area contributed by atoms with Gasteiger partial charge in [-0.05, 0) is 19.1 Å². The summed E-state index contributed by atoms with van der Waals surface area (Å²) in [7, 11) is 0. The molecule has 0 amide bonds. The number of aryl methyl sites for hydroxylation is 1. The third-order valence-electron chi connectivity index (χ3n) is 1.98. The fourth-order valence-electron chi connectivity index (χ4n) is 1.37. The molecule has 0 saturated heterocycles. The van der Waals surface area contributed by atoms with Gasteiger partial charge in [0, 0.05) is 6.20 Å². The van der Waals surface area contributed by atoms with E-state index >= 15 is 0 Å². The Bertz CT molecular complexity index is 519.